The topological polar surface area (TPSA) is 56.8 Å². The van der Waals surface area contributed by atoms with E-state index in [1.54, 1.807) is 18.2 Å². The number of nitrogens with one attached hydrogen (secondary N) is 1. The molecule has 5 nitrogen and oxygen atoms in total. The molecule has 0 atom stereocenters. The molecule has 5 heteroatoms. The highest BCUT2D eigenvalue weighted by Gasteiger charge is 2.22. The number of amides is 1. The molecule has 0 aromatic heterocycles. The Morgan fingerprint density at radius 2 is 1.56 bits per heavy atom. The van der Waals surface area contributed by atoms with Crippen LogP contribution >= 0.6 is 0 Å². The number of rotatable bonds is 10. The summed E-state index contributed by atoms with van der Waals surface area (Å²) in [6, 6.07) is 15.2. The van der Waals surface area contributed by atoms with Crippen molar-refractivity contribution < 1.29 is 19.0 Å². The smallest absolute Gasteiger partial charge is 0.252 e. The lowest BCUT2D eigenvalue weighted by Gasteiger charge is -2.26. The summed E-state index contributed by atoms with van der Waals surface area (Å²) in [5.74, 6) is 1.05. The highest BCUT2D eigenvalue weighted by molar-refractivity contribution is 5.95. The predicted octanol–water partition coefficient (Wildman–Crippen LogP) is 4.21. The van der Waals surface area contributed by atoms with Crippen LogP contribution in [0.15, 0.2) is 48.5 Å². The van der Waals surface area contributed by atoms with Gasteiger partial charge < -0.3 is 19.5 Å². The normalized spacial score (nSPS) is 11.1. The van der Waals surface area contributed by atoms with E-state index in [9.17, 15) is 4.79 Å². The van der Waals surface area contributed by atoms with Crippen LogP contribution in [0.4, 0.5) is 0 Å². The zero-order valence-electron chi connectivity index (χ0n) is 16.6. The lowest BCUT2D eigenvalue weighted by atomic mass is 10.1. The van der Waals surface area contributed by atoms with E-state index >= 15 is 0 Å². The first-order valence-corrected chi connectivity index (χ1v) is 9.28. The Kier molecular flexibility index (Phi) is 7.67. The van der Waals surface area contributed by atoms with Crippen molar-refractivity contribution >= 4 is 5.91 Å². The van der Waals surface area contributed by atoms with Crippen LogP contribution in [-0.2, 0) is 11.3 Å². The number of ether oxygens (including phenoxy) is 3. The van der Waals surface area contributed by atoms with Gasteiger partial charge in [0.05, 0.1) is 32.0 Å². The molecule has 0 aliphatic rings. The van der Waals surface area contributed by atoms with Crippen LogP contribution in [0.1, 0.15) is 43.6 Å². The highest BCUT2D eigenvalue weighted by Crippen LogP contribution is 2.23. The number of carbonyl (C=O) groups excluding carboxylic acids is 1. The maximum atomic E-state index is 12.7. The molecule has 2 rings (SSSR count). The van der Waals surface area contributed by atoms with Gasteiger partial charge in [0.15, 0.2) is 0 Å². The second kappa shape index (κ2) is 9.97. The van der Waals surface area contributed by atoms with Crippen molar-refractivity contribution in [1.82, 2.24) is 5.32 Å². The fourth-order valence-electron chi connectivity index (χ4n) is 2.62. The van der Waals surface area contributed by atoms with Gasteiger partial charge in [-0.15, -0.1) is 0 Å². The monoisotopic (exact) mass is 371 g/mol. The number of hydrogen-bond donors (Lipinski definition) is 1. The fourth-order valence-corrected chi connectivity index (χ4v) is 2.62. The van der Waals surface area contributed by atoms with Crippen molar-refractivity contribution in [2.45, 2.75) is 39.8 Å². The van der Waals surface area contributed by atoms with E-state index in [1.807, 2.05) is 58.0 Å². The van der Waals surface area contributed by atoms with Gasteiger partial charge >= 0.3 is 0 Å². The van der Waals surface area contributed by atoms with Gasteiger partial charge in [-0.1, -0.05) is 30.3 Å². The van der Waals surface area contributed by atoms with Crippen LogP contribution in [0.5, 0.6) is 11.5 Å². The molecule has 0 unspecified atom stereocenters. The van der Waals surface area contributed by atoms with E-state index in [1.165, 1.54) is 0 Å². The van der Waals surface area contributed by atoms with Crippen LogP contribution in [-0.4, -0.2) is 31.3 Å². The Hall–Kier alpha value is -2.53. The third kappa shape index (κ3) is 6.94. The van der Waals surface area contributed by atoms with Crippen LogP contribution in [0.25, 0.3) is 0 Å². The molecular formula is C22H29NO4. The van der Waals surface area contributed by atoms with Gasteiger partial charge in [-0.05, 0) is 45.4 Å². The lowest BCUT2D eigenvalue weighted by molar-refractivity contribution is 0.0616. The van der Waals surface area contributed by atoms with Crippen LogP contribution in [0.3, 0.4) is 0 Å². The Morgan fingerprint density at radius 3 is 2.11 bits per heavy atom. The van der Waals surface area contributed by atoms with E-state index < -0.39 is 5.54 Å². The molecule has 2 aromatic rings. The summed E-state index contributed by atoms with van der Waals surface area (Å²) < 4.78 is 16.9. The zero-order chi connectivity index (χ0) is 19.7. The van der Waals surface area contributed by atoms with Gasteiger partial charge in [-0.3, -0.25) is 4.79 Å². The molecule has 1 N–H and O–H groups in total. The first kappa shape index (κ1) is 20.8. The summed E-state index contributed by atoms with van der Waals surface area (Å²) in [5.41, 5.74) is 1.09. The summed E-state index contributed by atoms with van der Waals surface area (Å²) in [4.78, 5) is 12.7. The van der Waals surface area contributed by atoms with Crippen LogP contribution in [0.2, 0.25) is 0 Å². The SMILES string of the molecule is CCOc1cc(OCC)cc(C(=O)NC(C)(C)COCc2ccccc2)c1. The molecule has 0 aliphatic heterocycles. The minimum atomic E-state index is -0.515. The summed E-state index contributed by atoms with van der Waals surface area (Å²) >= 11 is 0. The van der Waals surface area contributed by atoms with Crippen LogP contribution in [0, 0.1) is 0 Å². The Morgan fingerprint density at radius 1 is 0.963 bits per heavy atom. The molecule has 0 saturated heterocycles. The molecule has 27 heavy (non-hydrogen) atoms. The first-order valence-electron chi connectivity index (χ1n) is 9.28. The van der Waals surface area contributed by atoms with Crippen molar-refractivity contribution in [3.8, 4) is 11.5 Å². The molecule has 1 amide bonds. The summed E-state index contributed by atoms with van der Waals surface area (Å²) in [6.07, 6.45) is 0. The number of carbonyl (C=O) groups is 1. The fraction of sp³-hybridized carbons (Fsp3) is 0.409. The van der Waals surface area contributed by atoms with E-state index in [0.717, 1.165) is 5.56 Å². The number of hydrogen-bond acceptors (Lipinski definition) is 4. The molecule has 0 radical (unpaired) electrons. The molecule has 146 valence electrons. The van der Waals surface area contributed by atoms with Gasteiger partial charge in [-0.2, -0.15) is 0 Å². The second-order valence-corrected chi connectivity index (χ2v) is 6.88. The largest absolute Gasteiger partial charge is 0.494 e. The maximum absolute atomic E-state index is 12.7. The van der Waals surface area contributed by atoms with Crippen molar-refractivity contribution in [2.75, 3.05) is 19.8 Å². The standard InChI is InChI=1S/C22H29NO4/c1-5-26-19-12-18(13-20(14-19)27-6-2)21(24)23-22(3,4)16-25-15-17-10-8-7-9-11-17/h7-14H,5-6,15-16H2,1-4H3,(H,23,24). The summed E-state index contributed by atoms with van der Waals surface area (Å²) in [6.45, 7) is 9.63. The molecule has 0 fully saturated rings. The summed E-state index contributed by atoms with van der Waals surface area (Å²) in [7, 11) is 0. The molecule has 0 heterocycles. The van der Waals surface area contributed by atoms with Crippen molar-refractivity contribution in [1.29, 1.82) is 0 Å². The zero-order valence-corrected chi connectivity index (χ0v) is 16.6. The Balaban J connectivity index is 1.99. The molecule has 0 saturated carbocycles. The Labute approximate surface area is 161 Å². The van der Waals surface area contributed by atoms with E-state index in [-0.39, 0.29) is 5.91 Å². The lowest BCUT2D eigenvalue weighted by Crippen LogP contribution is -2.47. The highest BCUT2D eigenvalue weighted by atomic mass is 16.5. The van der Waals surface area contributed by atoms with Crippen molar-refractivity contribution in [2.24, 2.45) is 0 Å². The van der Waals surface area contributed by atoms with Gasteiger partial charge in [0, 0.05) is 11.6 Å². The third-order valence-electron chi connectivity index (χ3n) is 3.79. The average Bonchev–Trinajstić information content (AvgIpc) is 2.62. The summed E-state index contributed by atoms with van der Waals surface area (Å²) in [5, 5.41) is 3.02. The Bertz CT molecular complexity index is 704. The number of benzene rings is 2. The molecule has 0 aliphatic carbocycles. The van der Waals surface area contributed by atoms with Gasteiger partial charge in [0.2, 0.25) is 0 Å². The molecule has 0 bridgehead atoms. The maximum Gasteiger partial charge on any atom is 0.252 e. The van der Waals surface area contributed by atoms with Gasteiger partial charge in [-0.25, -0.2) is 0 Å². The minimum Gasteiger partial charge on any atom is -0.494 e. The molecule has 2 aromatic carbocycles. The van der Waals surface area contributed by atoms with E-state index in [2.05, 4.69) is 5.32 Å². The third-order valence-corrected chi connectivity index (χ3v) is 3.79. The van der Waals surface area contributed by atoms with Gasteiger partial charge in [0.25, 0.3) is 5.91 Å². The second-order valence-electron chi connectivity index (χ2n) is 6.88. The van der Waals surface area contributed by atoms with E-state index in [0.29, 0.717) is 43.5 Å². The van der Waals surface area contributed by atoms with Gasteiger partial charge in [0.1, 0.15) is 11.5 Å². The quantitative estimate of drug-likeness (QED) is 0.680. The minimum absolute atomic E-state index is 0.189. The average molecular weight is 371 g/mol. The first-order chi connectivity index (χ1) is 12.9. The molecular weight excluding hydrogens is 342 g/mol. The van der Waals surface area contributed by atoms with Crippen molar-refractivity contribution in [3.05, 3.63) is 59.7 Å². The predicted molar refractivity (Wildman–Crippen MR) is 106 cm³/mol. The van der Waals surface area contributed by atoms with E-state index in [4.69, 9.17) is 14.2 Å². The van der Waals surface area contributed by atoms with Crippen molar-refractivity contribution in [3.63, 3.8) is 0 Å². The van der Waals surface area contributed by atoms with Crippen LogP contribution < -0.4 is 14.8 Å². The molecule has 0 spiro atoms.